The zero-order valence-corrected chi connectivity index (χ0v) is 10.7. The highest BCUT2D eigenvalue weighted by Gasteiger charge is 2.27. The van der Waals surface area contributed by atoms with Gasteiger partial charge in [-0.05, 0) is 13.3 Å². The van der Waals surface area contributed by atoms with Gasteiger partial charge in [0.25, 0.3) is 0 Å². The Bertz CT molecular complexity index is 285. The van der Waals surface area contributed by atoms with Crippen LogP contribution in [-0.2, 0) is 14.3 Å². The molecule has 1 fully saturated rings. The second-order valence-corrected chi connectivity index (χ2v) is 4.06. The molecule has 0 bridgehead atoms. The zero-order chi connectivity index (χ0) is 13.4. The van der Waals surface area contributed by atoms with Crippen LogP contribution >= 0.6 is 0 Å². The van der Waals surface area contributed by atoms with Gasteiger partial charge >= 0.3 is 6.09 Å². The molecule has 0 saturated carbocycles. The van der Waals surface area contributed by atoms with Crippen LogP contribution < -0.4 is 11.1 Å². The van der Waals surface area contributed by atoms with Gasteiger partial charge in [-0.2, -0.15) is 0 Å². The van der Waals surface area contributed by atoms with E-state index in [1.165, 1.54) is 0 Å². The number of carbonyl (C=O) groups is 2. The molecule has 0 aliphatic carbocycles. The monoisotopic (exact) mass is 259 g/mol. The van der Waals surface area contributed by atoms with Crippen molar-refractivity contribution in [1.82, 2.24) is 10.2 Å². The van der Waals surface area contributed by atoms with Gasteiger partial charge in [-0.1, -0.05) is 0 Å². The van der Waals surface area contributed by atoms with Crippen molar-refractivity contribution in [3.05, 3.63) is 0 Å². The maximum atomic E-state index is 11.7. The molecule has 0 aromatic heterocycles. The Hall–Kier alpha value is -1.34. The van der Waals surface area contributed by atoms with Crippen molar-refractivity contribution in [3.63, 3.8) is 0 Å². The first kappa shape index (κ1) is 14.7. The molecule has 2 amide bonds. The van der Waals surface area contributed by atoms with Gasteiger partial charge in [-0.15, -0.1) is 0 Å². The molecule has 3 N–H and O–H groups in total. The van der Waals surface area contributed by atoms with E-state index in [1.807, 2.05) is 0 Å². The van der Waals surface area contributed by atoms with Crippen molar-refractivity contribution in [2.24, 2.45) is 5.73 Å². The third-order valence-corrected chi connectivity index (χ3v) is 2.69. The van der Waals surface area contributed by atoms with Crippen molar-refractivity contribution in [3.8, 4) is 0 Å². The van der Waals surface area contributed by atoms with E-state index < -0.39 is 5.91 Å². The lowest BCUT2D eigenvalue weighted by Gasteiger charge is -2.35. The predicted octanol–water partition coefficient (Wildman–Crippen LogP) is -0.691. The molecule has 0 aromatic carbocycles. The van der Waals surface area contributed by atoms with Gasteiger partial charge < -0.3 is 25.4 Å². The number of piperazine rings is 1. The smallest absolute Gasteiger partial charge is 0.410 e. The number of hydrogen-bond acceptors (Lipinski definition) is 5. The lowest BCUT2D eigenvalue weighted by Crippen LogP contribution is -2.54. The number of nitrogens with one attached hydrogen (secondary N) is 1. The standard InChI is InChI=1S/C11H21N3O4/c1-2-18-11(16)14-5-4-13-7-9(14)3-6-17-8-10(12)15/h9,13H,2-8H2,1H3,(H2,12,15). The van der Waals surface area contributed by atoms with Crippen molar-refractivity contribution in [1.29, 1.82) is 0 Å². The highest BCUT2D eigenvalue weighted by atomic mass is 16.6. The molecule has 7 nitrogen and oxygen atoms in total. The molecule has 18 heavy (non-hydrogen) atoms. The third kappa shape index (κ3) is 4.89. The molecule has 0 aromatic rings. The van der Waals surface area contributed by atoms with E-state index in [0.717, 1.165) is 6.54 Å². The summed E-state index contributed by atoms with van der Waals surface area (Å²) in [4.78, 5) is 23.9. The Labute approximate surface area is 107 Å². The van der Waals surface area contributed by atoms with Gasteiger partial charge in [-0.25, -0.2) is 4.79 Å². The number of carbonyl (C=O) groups excluding carboxylic acids is 2. The maximum absolute atomic E-state index is 11.7. The van der Waals surface area contributed by atoms with Crippen LogP contribution in [0, 0.1) is 0 Å². The van der Waals surface area contributed by atoms with Crippen LogP contribution in [0.1, 0.15) is 13.3 Å². The molecule has 7 heteroatoms. The second kappa shape index (κ2) is 7.88. The Morgan fingerprint density at radius 2 is 2.28 bits per heavy atom. The first-order valence-corrected chi connectivity index (χ1v) is 6.15. The van der Waals surface area contributed by atoms with Crippen LogP contribution in [-0.4, -0.2) is 62.4 Å². The molecule has 1 rings (SSSR count). The quantitative estimate of drug-likeness (QED) is 0.616. The lowest BCUT2D eigenvalue weighted by atomic mass is 10.1. The highest BCUT2D eigenvalue weighted by molar-refractivity contribution is 5.74. The minimum atomic E-state index is -0.487. The molecule has 1 unspecified atom stereocenters. The summed E-state index contributed by atoms with van der Waals surface area (Å²) in [6.07, 6.45) is 0.359. The topological polar surface area (TPSA) is 93.9 Å². The summed E-state index contributed by atoms with van der Waals surface area (Å²) in [6, 6.07) is 0.0330. The average molecular weight is 259 g/mol. The number of hydrogen-bond donors (Lipinski definition) is 2. The van der Waals surface area contributed by atoms with E-state index in [-0.39, 0.29) is 18.7 Å². The number of nitrogens with zero attached hydrogens (tertiary/aromatic N) is 1. The van der Waals surface area contributed by atoms with Crippen LogP contribution in [0.25, 0.3) is 0 Å². The zero-order valence-electron chi connectivity index (χ0n) is 10.7. The van der Waals surface area contributed by atoms with Crippen LogP contribution in [0.4, 0.5) is 4.79 Å². The second-order valence-electron chi connectivity index (χ2n) is 4.06. The molecule has 0 radical (unpaired) electrons. The SMILES string of the molecule is CCOC(=O)N1CCNCC1CCOCC(N)=O. The van der Waals surface area contributed by atoms with E-state index in [0.29, 0.717) is 32.7 Å². The third-order valence-electron chi connectivity index (χ3n) is 2.69. The summed E-state index contributed by atoms with van der Waals surface area (Å²) in [5.41, 5.74) is 4.97. The number of ether oxygens (including phenoxy) is 2. The average Bonchev–Trinajstić information content (AvgIpc) is 2.35. The molecule has 0 spiro atoms. The van der Waals surface area contributed by atoms with Crippen molar-refractivity contribution in [2.75, 3.05) is 39.5 Å². The molecule has 104 valence electrons. The summed E-state index contributed by atoms with van der Waals surface area (Å²) in [5, 5.41) is 3.21. The summed E-state index contributed by atoms with van der Waals surface area (Å²) >= 11 is 0. The van der Waals surface area contributed by atoms with E-state index in [4.69, 9.17) is 15.2 Å². The summed E-state index contributed by atoms with van der Waals surface area (Å²) in [6.45, 7) is 4.55. The first-order chi connectivity index (χ1) is 8.65. The van der Waals surface area contributed by atoms with Crippen molar-refractivity contribution >= 4 is 12.0 Å². The molecular formula is C11H21N3O4. The lowest BCUT2D eigenvalue weighted by molar-refractivity contribution is -0.122. The van der Waals surface area contributed by atoms with Crippen LogP contribution in [0.2, 0.25) is 0 Å². The molecule has 1 saturated heterocycles. The first-order valence-electron chi connectivity index (χ1n) is 6.15. The Morgan fingerprint density at radius 1 is 1.50 bits per heavy atom. The molecule has 1 heterocycles. The maximum Gasteiger partial charge on any atom is 0.410 e. The van der Waals surface area contributed by atoms with Crippen LogP contribution in [0.5, 0.6) is 0 Å². The highest BCUT2D eigenvalue weighted by Crippen LogP contribution is 2.09. The predicted molar refractivity (Wildman–Crippen MR) is 65.0 cm³/mol. The fraction of sp³-hybridized carbons (Fsp3) is 0.818. The summed E-state index contributed by atoms with van der Waals surface area (Å²) in [5.74, 6) is -0.487. The fourth-order valence-electron chi connectivity index (χ4n) is 1.86. The van der Waals surface area contributed by atoms with Gasteiger partial charge in [0.15, 0.2) is 0 Å². The van der Waals surface area contributed by atoms with Crippen LogP contribution in [0.15, 0.2) is 0 Å². The van der Waals surface area contributed by atoms with E-state index >= 15 is 0 Å². The largest absolute Gasteiger partial charge is 0.450 e. The normalized spacial score (nSPS) is 19.6. The van der Waals surface area contributed by atoms with Crippen LogP contribution in [0.3, 0.4) is 0 Å². The van der Waals surface area contributed by atoms with Crippen molar-refractivity contribution < 1.29 is 19.1 Å². The molecule has 1 aliphatic heterocycles. The van der Waals surface area contributed by atoms with Crippen molar-refractivity contribution in [2.45, 2.75) is 19.4 Å². The van der Waals surface area contributed by atoms with Gasteiger partial charge in [0.2, 0.25) is 5.91 Å². The van der Waals surface area contributed by atoms with E-state index in [9.17, 15) is 9.59 Å². The number of nitrogens with two attached hydrogens (primary N) is 1. The van der Waals surface area contributed by atoms with Gasteiger partial charge in [0.1, 0.15) is 6.61 Å². The minimum Gasteiger partial charge on any atom is -0.450 e. The Kier molecular flexibility index (Phi) is 6.45. The summed E-state index contributed by atoms with van der Waals surface area (Å²) in [7, 11) is 0. The number of amides is 2. The Morgan fingerprint density at radius 3 is 2.94 bits per heavy atom. The van der Waals surface area contributed by atoms with Gasteiger partial charge in [-0.3, -0.25) is 4.79 Å². The molecule has 1 aliphatic rings. The van der Waals surface area contributed by atoms with E-state index in [2.05, 4.69) is 5.32 Å². The van der Waals surface area contributed by atoms with E-state index in [1.54, 1.807) is 11.8 Å². The minimum absolute atomic E-state index is 0.0330. The Balaban J connectivity index is 2.34. The van der Waals surface area contributed by atoms with Gasteiger partial charge in [0.05, 0.1) is 6.61 Å². The molecular weight excluding hydrogens is 238 g/mol. The number of primary amides is 1. The number of rotatable bonds is 6. The summed E-state index contributed by atoms with van der Waals surface area (Å²) < 4.78 is 10.1. The fourth-order valence-corrected chi connectivity index (χ4v) is 1.86. The van der Waals surface area contributed by atoms with Gasteiger partial charge in [0, 0.05) is 32.3 Å². The molecule has 1 atom stereocenters.